The van der Waals surface area contributed by atoms with E-state index in [4.69, 9.17) is 11.6 Å². The van der Waals surface area contributed by atoms with Gasteiger partial charge in [0.1, 0.15) is 0 Å². The minimum absolute atomic E-state index is 0.0904. The van der Waals surface area contributed by atoms with Crippen LogP contribution in [0.4, 0.5) is 0 Å². The number of aryl methyl sites for hydroxylation is 1. The van der Waals surface area contributed by atoms with Crippen LogP contribution in [0.3, 0.4) is 0 Å². The summed E-state index contributed by atoms with van der Waals surface area (Å²) in [6.45, 7) is 3.09. The van der Waals surface area contributed by atoms with Crippen molar-refractivity contribution in [3.8, 4) is 0 Å². The molecule has 7 heteroatoms. The van der Waals surface area contributed by atoms with E-state index in [1.54, 1.807) is 10.8 Å². The van der Waals surface area contributed by atoms with Crippen molar-refractivity contribution in [2.24, 2.45) is 5.92 Å². The molecule has 1 aliphatic carbocycles. The topological polar surface area (TPSA) is 64.0 Å². The van der Waals surface area contributed by atoms with Gasteiger partial charge in [0.05, 0.1) is 6.33 Å². The lowest BCUT2D eigenvalue weighted by molar-refractivity contribution is 0.361. The Morgan fingerprint density at radius 2 is 2.32 bits per heavy atom. The Balaban J connectivity index is 1.93. The van der Waals surface area contributed by atoms with Crippen LogP contribution in [0.2, 0.25) is 0 Å². The quantitative estimate of drug-likeness (QED) is 0.846. The zero-order valence-corrected chi connectivity index (χ0v) is 12.6. The minimum atomic E-state index is -3.49. The number of rotatable bonds is 5. The fourth-order valence-corrected chi connectivity index (χ4v) is 3.83. The van der Waals surface area contributed by atoms with Crippen LogP contribution >= 0.6 is 11.6 Å². The van der Waals surface area contributed by atoms with Crippen molar-refractivity contribution in [3.05, 3.63) is 12.5 Å². The van der Waals surface area contributed by atoms with Gasteiger partial charge in [0.25, 0.3) is 10.0 Å². The molecule has 1 aliphatic rings. The molecule has 0 bridgehead atoms. The van der Waals surface area contributed by atoms with Crippen LogP contribution in [0.15, 0.2) is 17.6 Å². The molecule has 0 saturated heterocycles. The van der Waals surface area contributed by atoms with Gasteiger partial charge >= 0.3 is 0 Å². The number of nitrogens with one attached hydrogen (secondary N) is 1. The summed E-state index contributed by atoms with van der Waals surface area (Å²) in [6, 6.07) is 0. The first-order valence-corrected chi connectivity index (χ1v) is 8.58. The van der Waals surface area contributed by atoms with Gasteiger partial charge in [0.2, 0.25) is 0 Å². The summed E-state index contributed by atoms with van der Waals surface area (Å²) in [4.78, 5) is 3.92. The second kappa shape index (κ2) is 6.24. The van der Waals surface area contributed by atoms with Crippen LogP contribution in [-0.4, -0.2) is 29.9 Å². The standard InChI is InChI=1S/C12H20ClN3O2S/c1-2-16-8-12(14-9-16)19(17,18)15-7-10-4-3-5-11(13)6-10/h8-11,15H,2-7H2,1H3. The Kier molecular flexibility index (Phi) is 4.86. The van der Waals surface area contributed by atoms with Crippen molar-refractivity contribution in [3.63, 3.8) is 0 Å². The fraction of sp³-hybridized carbons (Fsp3) is 0.750. The van der Waals surface area contributed by atoms with Crippen molar-refractivity contribution in [1.29, 1.82) is 0 Å². The second-order valence-corrected chi connectivity index (χ2v) is 7.36. The molecule has 0 amide bonds. The number of imidazole rings is 1. The predicted molar refractivity (Wildman–Crippen MR) is 74.7 cm³/mol. The van der Waals surface area contributed by atoms with Gasteiger partial charge in [-0.3, -0.25) is 0 Å². The van der Waals surface area contributed by atoms with E-state index in [1.165, 1.54) is 6.33 Å². The van der Waals surface area contributed by atoms with E-state index in [0.717, 1.165) is 25.7 Å². The summed E-state index contributed by atoms with van der Waals surface area (Å²) in [5.74, 6) is 0.333. The number of halogens is 1. The van der Waals surface area contributed by atoms with E-state index in [1.807, 2.05) is 6.92 Å². The molecule has 2 rings (SSSR count). The highest BCUT2D eigenvalue weighted by Crippen LogP contribution is 2.27. The van der Waals surface area contributed by atoms with Crippen molar-refractivity contribution < 1.29 is 8.42 Å². The van der Waals surface area contributed by atoms with Crippen molar-refractivity contribution in [2.75, 3.05) is 6.54 Å². The Morgan fingerprint density at radius 1 is 1.53 bits per heavy atom. The van der Waals surface area contributed by atoms with E-state index in [-0.39, 0.29) is 10.4 Å². The first kappa shape index (κ1) is 14.8. The third-order valence-corrected chi connectivity index (χ3v) is 5.24. The van der Waals surface area contributed by atoms with Gasteiger partial charge in [-0.2, -0.15) is 0 Å². The van der Waals surface area contributed by atoms with E-state index in [2.05, 4.69) is 9.71 Å². The molecule has 1 fully saturated rings. The van der Waals surface area contributed by atoms with E-state index in [0.29, 0.717) is 19.0 Å². The van der Waals surface area contributed by atoms with Crippen LogP contribution < -0.4 is 4.72 Å². The monoisotopic (exact) mass is 305 g/mol. The van der Waals surface area contributed by atoms with Gasteiger partial charge in [0, 0.05) is 24.7 Å². The van der Waals surface area contributed by atoms with Gasteiger partial charge < -0.3 is 4.57 Å². The molecule has 0 radical (unpaired) electrons. The fourth-order valence-electron chi connectivity index (χ4n) is 2.36. The van der Waals surface area contributed by atoms with Gasteiger partial charge in [-0.25, -0.2) is 18.1 Å². The van der Waals surface area contributed by atoms with Gasteiger partial charge in [-0.05, 0) is 32.1 Å². The predicted octanol–water partition coefficient (Wildman–Crippen LogP) is 1.98. The molecule has 108 valence electrons. The summed E-state index contributed by atoms with van der Waals surface area (Å²) in [6.07, 6.45) is 7.11. The Morgan fingerprint density at radius 3 is 2.95 bits per heavy atom. The van der Waals surface area contributed by atoms with Crippen LogP contribution in [0.1, 0.15) is 32.6 Å². The van der Waals surface area contributed by atoms with Gasteiger partial charge in [-0.1, -0.05) is 6.42 Å². The highest BCUT2D eigenvalue weighted by Gasteiger charge is 2.23. The third-order valence-electron chi connectivity index (χ3n) is 3.53. The van der Waals surface area contributed by atoms with Crippen molar-refractivity contribution in [1.82, 2.24) is 14.3 Å². The molecule has 0 aromatic carbocycles. The van der Waals surface area contributed by atoms with E-state index in [9.17, 15) is 8.42 Å². The number of nitrogens with zero attached hydrogens (tertiary/aromatic N) is 2. The Hall–Kier alpha value is -0.590. The number of hydrogen-bond acceptors (Lipinski definition) is 3. The molecule has 1 N–H and O–H groups in total. The largest absolute Gasteiger partial charge is 0.336 e. The van der Waals surface area contributed by atoms with Crippen LogP contribution in [0, 0.1) is 5.92 Å². The average Bonchev–Trinajstić information content (AvgIpc) is 2.86. The molecule has 2 atom stereocenters. The van der Waals surface area contributed by atoms with Crippen molar-refractivity contribution in [2.45, 2.75) is 49.6 Å². The van der Waals surface area contributed by atoms with Crippen LogP contribution in [-0.2, 0) is 16.6 Å². The molecule has 2 unspecified atom stereocenters. The third kappa shape index (κ3) is 3.94. The lowest BCUT2D eigenvalue weighted by Gasteiger charge is -2.25. The highest BCUT2D eigenvalue weighted by atomic mass is 35.5. The smallest absolute Gasteiger partial charge is 0.259 e. The van der Waals surface area contributed by atoms with E-state index >= 15 is 0 Å². The molecule has 0 spiro atoms. The van der Waals surface area contributed by atoms with Crippen molar-refractivity contribution >= 4 is 21.6 Å². The summed E-state index contributed by atoms with van der Waals surface area (Å²) < 4.78 is 28.5. The molecular weight excluding hydrogens is 286 g/mol. The molecule has 5 nitrogen and oxygen atoms in total. The summed E-state index contributed by atoms with van der Waals surface area (Å²) in [5.41, 5.74) is 0. The number of alkyl halides is 1. The molecule has 19 heavy (non-hydrogen) atoms. The summed E-state index contributed by atoms with van der Waals surface area (Å²) in [5, 5.41) is 0.273. The molecule has 1 heterocycles. The minimum Gasteiger partial charge on any atom is -0.336 e. The zero-order chi connectivity index (χ0) is 13.9. The maximum atomic E-state index is 12.1. The Bertz CT molecular complexity index is 515. The van der Waals surface area contributed by atoms with Gasteiger partial charge in [-0.15, -0.1) is 11.6 Å². The lowest BCUT2D eigenvalue weighted by atomic mass is 9.89. The first-order chi connectivity index (χ1) is 9.01. The second-order valence-electron chi connectivity index (χ2n) is 5.02. The molecule has 1 saturated carbocycles. The molecular formula is C12H20ClN3O2S. The lowest BCUT2D eigenvalue weighted by Crippen LogP contribution is -2.32. The Labute approximate surface area is 119 Å². The number of aromatic nitrogens is 2. The maximum Gasteiger partial charge on any atom is 0.259 e. The average molecular weight is 306 g/mol. The van der Waals surface area contributed by atoms with Gasteiger partial charge in [0.15, 0.2) is 5.03 Å². The normalized spacial score (nSPS) is 24.5. The SMILES string of the molecule is CCn1cnc(S(=O)(=O)NCC2CCCC(Cl)C2)c1. The molecule has 0 aliphatic heterocycles. The van der Waals surface area contributed by atoms with Crippen LogP contribution in [0.25, 0.3) is 0 Å². The molecule has 1 aromatic rings. The summed E-state index contributed by atoms with van der Waals surface area (Å²) in [7, 11) is -3.49. The molecule has 1 aromatic heterocycles. The maximum absolute atomic E-state index is 12.1. The zero-order valence-electron chi connectivity index (χ0n) is 11.0. The number of sulfonamides is 1. The number of hydrogen-bond donors (Lipinski definition) is 1. The van der Waals surface area contributed by atoms with Crippen LogP contribution in [0.5, 0.6) is 0 Å². The first-order valence-electron chi connectivity index (χ1n) is 6.66. The van der Waals surface area contributed by atoms with E-state index < -0.39 is 10.0 Å². The highest BCUT2D eigenvalue weighted by molar-refractivity contribution is 7.89. The summed E-state index contributed by atoms with van der Waals surface area (Å²) >= 11 is 6.11.